The Kier molecular flexibility index (Phi) is 3.14. The Labute approximate surface area is 97.2 Å². The normalized spacial score (nSPS) is 19.8. The lowest BCUT2D eigenvalue weighted by atomic mass is 9.63. The van der Waals surface area contributed by atoms with E-state index in [1.165, 1.54) is 0 Å². The van der Waals surface area contributed by atoms with Crippen LogP contribution in [-0.2, 0) is 0 Å². The van der Waals surface area contributed by atoms with Crippen LogP contribution in [0.4, 0.5) is 13.2 Å². The molecule has 1 atom stereocenters. The predicted molar refractivity (Wildman–Crippen MR) is 56.6 cm³/mol. The Morgan fingerprint density at radius 3 is 2.12 bits per heavy atom. The van der Waals surface area contributed by atoms with Gasteiger partial charge in [0.1, 0.15) is 0 Å². The molecule has 0 spiro atoms. The number of hydrogen-bond donors (Lipinski definition) is 2. The first-order valence-corrected chi connectivity index (χ1v) is 5.53. The van der Waals surface area contributed by atoms with Crippen LogP contribution in [0.25, 0.3) is 0 Å². The number of aliphatic hydroxyl groups excluding tert-OH is 1. The lowest BCUT2D eigenvalue weighted by molar-refractivity contribution is -0.0300. The first-order valence-electron chi connectivity index (χ1n) is 5.53. The molecule has 2 nitrogen and oxygen atoms in total. The average Bonchev–Trinajstić information content (AvgIpc) is 2.24. The Bertz CT molecular complexity index is 403. The van der Waals surface area contributed by atoms with E-state index in [0.29, 0.717) is 12.8 Å². The van der Waals surface area contributed by atoms with E-state index in [1.807, 2.05) is 0 Å². The molecule has 1 aromatic carbocycles. The topological polar surface area (TPSA) is 46.2 Å². The zero-order valence-electron chi connectivity index (χ0n) is 9.22. The van der Waals surface area contributed by atoms with Crippen molar-refractivity contribution in [3.63, 3.8) is 0 Å². The van der Waals surface area contributed by atoms with Crippen molar-refractivity contribution in [1.29, 1.82) is 0 Å². The molecule has 1 fully saturated rings. The van der Waals surface area contributed by atoms with E-state index in [4.69, 9.17) is 5.73 Å². The van der Waals surface area contributed by atoms with E-state index >= 15 is 0 Å². The highest BCUT2D eigenvalue weighted by Gasteiger charge is 2.43. The molecule has 1 saturated carbocycles. The van der Waals surface area contributed by atoms with Crippen molar-refractivity contribution in [2.45, 2.75) is 25.4 Å². The highest BCUT2D eigenvalue weighted by molar-refractivity contribution is 5.24. The minimum atomic E-state index is -1.52. The molecule has 0 aromatic heterocycles. The molecule has 3 N–H and O–H groups in total. The molecule has 1 unspecified atom stereocenters. The Morgan fingerprint density at radius 1 is 1.24 bits per heavy atom. The molecule has 17 heavy (non-hydrogen) atoms. The van der Waals surface area contributed by atoms with E-state index in [-0.39, 0.29) is 12.1 Å². The molecule has 1 aliphatic carbocycles. The molecule has 94 valence electrons. The van der Waals surface area contributed by atoms with Crippen molar-refractivity contribution in [3.8, 4) is 0 Å². The monoisotopic (exact) mass is 245 g/mol. The summed E-state index contributed by atoms with van der Waals surface area (Å²) in [6, 6.07) is 1.66. The molecule has 0 amide bonds. The van der Waals surface area contributed by atoms with Crippen molar-refractivity contribution < 1.29 is 18.3 Å². The standard InChI is InChI=1S/C12H14F3NO/c13-8-4-7(5-9(14)10(8)15)11(17)12(6-16)2-1-3-12/h4-5,11,17H,1-3,6,16H2. The molecule has 0 radical (unpaired) electrons. The number of rotatable bonds is 3. The van der Waals surface area contributed by atoms with Crippen LogP contribution in [0.3, 0.4) is 0 Å². The predicted octanol–water partition coefficient (Wildman–Crippen LogP) is 2.27. The third kappa shape index (κ3) is 1.93. The molecule has 5 heteroatoms. The highest BCUT2D eigenvalue weighted by Crippen LogP contribution is 2.49. The minimum absolute atomic E-state index is 0.0477. The average molecular weight is 245 g/mol. The summed E-state index contributed by atoms with van der Waals surface area (Å²) < 4.78 is 38.9. The maximum atomic E-state index is 13.1. The first kappa shape index (κ1) is 12.4. The van der Waals surface area contributed by atoms with Gasteiger partial charge >= 0.3 is 0 Å². The zero-order chi connectivity index (χ0) is 12.6. The lowest BCUT2D eigenvalue weighted by Gasteiger charge is -2.44. The second kappa shape index (κ2) is 4.31. The highest BCUT2D eigenvalue weighted by atomic mass is 19.2. The van der Waals surface area contributed by atoms with Crippen molar-refractivity contribution >= 4 is 0 Å². The Hall–Kier alpha value is -1.07. The van der Waals surface area contributed by atoms with Crippen LogP contribution in [0.1, 0.15) is 30.9 Å². The number of hydrogen-bond acceptors (Lipinski definition) is 2. The second-order valence-corrected chi connectivity index (χ2v) is 4.62. The van der Waals surface area contributed by atoms with Crippen LogP contribution in [0.15, 0.2) is 12.1 Å². The van der Waals surface area contributed by atoms with Crippen molar-refractivity contribution in [1.82, 2.24) is 0 Å². The van der Waals surface area contributed by atoms with Gasteiger partial charge in [-0.2, -0.15) is 0 Å². The molecular formula is C12H14F3NO. The van der Waals surface area contributed by atoms with E-state index in [1.54, 1.807) is 0 Å². The van der Waals surface area contributed by atoms with E-state index in [0.717, 1.165) is 18.6 Å². The van der Waals surface area contributed by atoms with E-state index in [2.05, 4.69) is 0 Å². The van der Waals surface area contributed by atoms with Crippen LogP contribution < -0.4 is 5.73 Å². The molecule has 0 aliphatic heterocycles. The van der Waals surface area contributed by atoms with Gasteiger partial charge in [0.05, 0.1) is 6.10 Å². The van der Waals surface area contributed by atoms with Gasteiger partial charge < -0.3 is 10.8 Å². The van der Waals surface area contributed by atoms with Crippen molar-refractivity contribution in [2.75, 3.05) is 6.54 Å². The fourth-order valence-corrected chi connectivity index (χ4v) is 2.31. The minimum Gasteiger partial charge on any atom is -0.388 e. The van der Waals surface area contributed by atoms with Crippen LogP contribution in [0.5, 0.6) is 0 Å². The second-order valence-electron chi connectivity index (χ2n) is 4.62. The summed E-state index contributed by atoms with van der Waals surface area (Å²) in [6.07, 6.45) is 1.31. The summed E-state index contributed by atoms with van der Waals surface area (Å²) in [5.41, 5.74) is 5.12. The Morgan fingerprint density at radius 2 is 1.76 bits per heavy atom. The van der Waals surface area contributed by atoms with E-state index in [9.17, 15) is 18.3 Å². The van der Waals surface area contributed by atoms with Crippen molar-refractivity contribution in [2.24, 2.45) is 11.1 Å². The molecule has 0 bridgehead atoms. The first-order chi connectivity index (χ1) is 8.00. The third-order valence-corrected chi connectivity index (χ3v) is 3.66. The van der Waals surface area contributed by atoms with Gasteiger partial charge in [0.2, 0.25) is 0 Å². The lowest BCUT2D eigenvalue weighted by Crippen LogP contribution is -2.42. The summed E-state index contributed by atoms with van der Waals surface area (Å²) in [5.74, 6) is -4.09. The van der Waals surface area contributed by atoms with Gasteiger partial charge in [0.15, 0.2) is 17.5 Å². The van der Waals surface area contributed by atoms with Gasteiger partial charge in [-0.05, 0) is 30.5 Å². The molecule has 2 rings (SSSR count). The molecule has 1 aliphatic rings. The number of aliphatic hydroxyl groups is 1. The largest absolute Gasteiger partial charge is 0.388 e. The van der Waals surface area contributed by atoms with Gasteiger partial charge in [0.25, 0.3) is 0 Å². The summed E-state index contributed by atoms with van der Waals surface area (Å²) in [5, 5.41) is 10.1. The quantitative estimate of drug-likeness (QED) is 0.802. The van der Waals surface area contributed by atoms with Gasteiger partial charge in [-0.15, -0.1) is 0 Å². The summed E-state index contributed by atoms with van der Waals surface area (Å²) in [4.78, 5) is 0. The van der Waals surface area contributed by atoms with E-state index < -0.39 is 29.0 Å². The maximum absolute atomic E-state index is 13.1. The molecule has 0 heterocycles. The van der Waals surface area contributed by atoms with Gasteiger partial charge in [-0.25, -0.2) is 13.2 Å². The third-order valence-electron chi connectivity index (χ3n) is 3.66. The SMILES string of the molecule is NCC1(C(O)c2cc(F)c(F)c(F)c2)CCC1. The van der Waals surface area contributed by atoms with Gasteiger partial charge in [0, 0.05) is 12.0 Å². The number of halogens is 3. The van der Waals surface area contributed by atoms with Gasteiger partial charge in [-0.1, -0.05) is 6.42 Å². The Balaban J connectivity index is 2.34. The zero-order valence-corrected chi connectivity index (χ0v) is 9.22. The fourth-order valence-electron chi connectivity index (χ4n) is 2.31. The maximum Gasteiger partial charge on any atom is 0.194 e. The number of nitrogens with two attached hydrogens (primary N) is 1. The van der Waals surface area contributed by atoms with Crippen molar-refractivity contribution in [3.05, 3.63) is 35.1 Å². The van der Waals surface area contributed by atoms with Crippen LogP contribution >= 0.6 is 0 Å². The van der Waals surface area contributed by atoms with Gasteiger partial charge in [-0.3, -0.25) is 0 Å². The van der Waals surface area contributed by atoms with Crippen LogP contribution in [0, 0.1) is 22.9 Å². The summed E-state index contributed by atoms with van der Waals surface area (Å²) in [7, 11) is 0. The van der Waals surface area contributed by atoms with Crippen LogP contribution in [0.2, 0.25) is 0 Å². The number of benzene rings is 1. The molecular weight excluding hydrogens is 231 g/mol. The molecule has 0 saturated heterocycles. The summed E-state index contributed by atoms with van der Waals surface area (Å²) in [6.45, 7) is 0.245. The smallest absolute Gasteiger partial charge is 0.194 e. The van der Waals surface area contributed by atoms with Crippen LogP contribution in [-0.4, -0.2) is 11.7 Å². The fraction of sp³-hybridized carbons (Fsp3) is 0.500. The molecule has 1 aromatic rings. The summed E-state index contributed by atoms with van der Waals surface area (Å²) >= 11 is 0.